The molecule has 70 valence electrons. The van der Waals surface area contributed by atoms with Crippen LogP contribution in [0.3, 0.4) is 0 Å². The summed E-state index contributed by atoms with van der Waals surface area (Å²) in [5.74, 6) is 0. The van der Waals surface area contributed by atoms with Crippen LogP contribution < -0.4 is 5.73 Å². The lowest BCUT2D eigenvalue weighted by atomic mass is 10.2. The Hall–Kier alpha value is -0.900. The van der Waals surface area contributed by atoms with E-state index in [1.165, 1.54) is 0 Å². The Morgan fingerprint density at radius 2 is 2.50 bits per heavy atom. The number of aliphatic hydroxyl groups is 1. The molecule has 0 amide bonds. The van der Waals surface area contributed by atoms with Gasteiger partial charge in [-0.3, -0.25) is 5.73 Å². The monoisotopic (exact) mass is 171 g/mol. The maximum Gasteiger partial charge on any atom is 0.211 e. The van der Waals surface area contributed by atoms with E-state index in [0.29, 0.717) is 0 Å². The molecule has 0 rings (SSSR count). The van der Waals surface area contributed by atoms with Crippen LogP contribution in [0.1, 0.15) is 8.35 Å². The van der Waals surface area contributed by atoms with Gasteiger partial charge in [-0.1, -0.05) is 30.9 Å². The first-order valence-corrected chi connectivity index (χ1v) is 3.70. The molecule has 0 saturated heterocycles. The molecule has 0 aromatic rings. The molecule has 0 aliphatic heterocycles. The average Bonchev–Trinajstić information content (AvgIpc) is 2.05. The Kier molecular flexibility index (Phi) is 6.28. The Morgan fingerprint density at radius 3 is 2.92 bits per heavy atom. The van der Waals surface area contributed by atoms with Gasteiger partial charge < -0.3 is 9.84 Å². The van der Waals surface area contributed by atoms with Crippen LogP contribution in [0.4, 0.5) is 0 Å². The third kappa shape index (κ3) is 5.85. The highest BCUT2D eigenvalue weighted by Crippen LogP contribution is 1.97. The first-order chi connectivity index (χ1) is 5.70. The molecule has 12 heavy (non-hydrogen) atoms. The number of rotatable bonds is 5. The van der Waals surface area contributed by atoms with Gasteiger partial charge in [-0.15, -0.1) is 0 Å². The molecule has 0 spiro atoms. The fourth-order valence-corrected chi connectivity index (χ4v) is 0.577. The Labute approximate surface area is 74.3 Å². The molecule has 3 nitrogen and oxygen atoms in total. The average molecular weight is 171 g/mol. The predicted octanol–water partition coefficient (Wildman–Crippen LogP) is 1.17. The van der Waals surface area contributed by atoms with Crippen molar-refractivity contribution in [1.29, 1.82) is 0 Å². The van der Waals surface area contributed by atoms with Crippen molar-refractivity contribution in [1.82, 2.24) is 0 Å². The summed E-state index contributed by atoms with van der Waals surface area (Å²) < 4.78 is 4.75. The highest BCUT2D eigenvalue weighted by molar-refractivity contribution is 5.22. The quantitative estimate of drug-likeness (QED) is 0.482. The van der Waals surface area contributed by atoms with Crippen LogP contribution in [0.5, 0.6) is 0 Å². The topological polar surface area (TPSA) is 55.5 Å². The zero-order valence-electron chi connectivity index (χ0n) is 7.23. The highest BCUT2D eigenvalue weighted by Gasteiger charge is 1.95. The lowest BCUT2D eigenvalue weighted by Gasteiger charge is -2.05. The van der Waals surface area contributed by atoms with Gasteiger partial charge >= 0.3 is 0 Å². The second-order valence-corrected chi connectivity index (χ2v) is 2.17. The van der Waals surface area contributed by atoms with E-state index in [-0.39, 0.29) is 8.03 Å². The normalized spacial score (nSPS) is 15.1. The number of nitrogens with two attached hydrogens (primary N) is 1. The molecule has 0 bridgehead atoms. The summed E-state index contributed by atoms with van der Waals surface area (Å²) in [7, 11) is 0. The Bertz CT molecular complexity index is 188. The zero-order chi connectivity index (χ0) is 9.40. The van der Waals surface area contributed by atoms with Crippen molar-refractivity contribution in [2.75, 3.05) is 6.61 Å². The van der Waals surface area contributed by atoms with Gasteiger partial charge in [0.2, 0.25) is 6.41 Å². The van der Waals surface area contributed by atoms with Crippen LogP contribution >= 0.6 is 0 Å². The van der Waals surface area contributed by atoms with Gasteiger partial charge in [0.1, 0.15) is 0 Å². The van der Waals surface area contributed by atoms with Crippen molar-refractivity contribution in [3.8, 4) is 0 Å². The molecule has 0 aromatic carbocycles. The lowest BCUT2D eigenvalue weighted by Crippen LogP contribution is -2.23. The molecule has 0 aromatic heterocycles. The van der Waals surface area contributed by atoms with Crippen LogP contribution in [0.15, 0.2) is 36.5 Å². The van der Waals surface area contributed by atoms with Crippen molar-refractivity contribution in [2.24, 2.45) is 5.73 Å². The Balaban J connectivity index is 0. The van der Waals surface area contributed by atoms with E-state index >= 15 is 0 Å². The molecule has 0 aliphatic carbocycles. The van der Waals surface area contributed by atoms with Gasteiger partial charge in [-0.05, 0) is 12.5 Å². The fourth-order valence-electron chi connectivity index (χ4n) is 0.577. The molecular formula is C9H17NO2. The molecule has 1 unspecified atom stereocenters. The molecule has 3 N–H and O–H groups in total. The molecular weight excluding hydrogens is 154 g/mol. The van der Waals surface area contributed by atoms with Gasteiger partial charge in [0, 0.05) is 1.43 Å². The molecule has 1 atom stereocenters. The first-order valence-electron chi connectivity index (χ1n) is 3.70. The summed E-state index contributed by atoms with van der Waals surface area (Å²) in [6.45, 7) is 5.77. The minimum Gasteiger partial charge on any atom is -0.356 e. The predicted molar refractivity (Wildman–Crippen MR) is 51.4 cm³/mol. The molecule has 0 aliphatic rings. The van der Waals surface area contributed by atoms with E-state index in [4.69, 9.17) is 15.6 Å². The van der Waals surface area contributed by atoms with Crippen molar-refractivity contribution in [2.45, 2.75) is 13.3 Å². The second kappa shape index (κ2) is 6.79. The molecule has 0 saturated carbocycles. The minimum atomic E-state index is -1.22. The van der Waals surface area contributed by atoms with Gasteiger partial charge in [0.05, 0.1) is 6.61 Å². The van der Waals surface area contributed by atoms with Gasteiger partial charge in [0.25, 0.3) is 0 Å². The van der Waals surface area contributed by atoms with Crippen molar-refractivity contribution in [3.63, 3.8) is 0 Å². The standard InChI is InChI=1S/C9H15NO2.H2/c1-3-5-6-8(4-2)7-12-9(10)11;/h3-6,9,11H,2,7,10H2,1H3;1H/b5-3-,8-6+;. The third-order valence-electron chi connectivity index (χ3n) is 1.19. The number of allylic oxidation sites excluding steroid dienone is 3. The van der Waals surface area contributed by atoms with E-state index in [1.54, 1.807) is 6.08 Å². The number of hydrogen-bond donors (Lipinski definition) is 2. The zero-order valence-corrected chi connectivity index (χ0v) is 7.23. The Morgan fingerprint density at radius 1 is 1.83 bits per heavy atom. The van der Waals surface area contributed by atoms with Crippen LogP contribution in [-0.4, -0.2) is 18.1 Å². The largest absolute Gasteiger partial charge is 0.356 e. The maximum absolute atomic E-state index is 8.60. The summed E-state index contributed by atoms with van der Waals surface area (Å²) in [4.78, 5) is 0. The van der Waals surface area contributed by atoms with Gasteiger partial charge in [-0.25, -0.2) is 0 Å². The van der Waals surface area contributed by atoms with E-state index in [0.717, 1.165) is 5.57 Å². The van der Waals surface area contributed by atoms with Crippen LogP contribution in [0.25, 0.3) is 0 Å². The van der Waals surface area contributed by atoms with E-state index in [1.807, 2.05) is 25.2 Å². The maximum atomic E-state index is 8.60. The molecule has 0 fully saturated rings. The van der Waals surface area contributed by atoms with E-state index in [2.05, 4.69) is 6.58 Å². The van der Waals surface area contributed by atoms with E-state index in [9.17, 15) is 0 Å². The number of aliphatic hydroxyl groups excluding tert-OH is 1. The van der Waals surface area contributed by atoms with Crippen LogP contribution in [0, 0.1) is 0 Å². The van der Waals surface area contributed by atoms with Gasteiger partial charge in [0.15, 0.2) is 0 Å². The molecule has 3 heteroatoms. The molecule has 0 heterocycles. The first kappa shape index (κ1) is 11.1. The smallest absolute Gasteiger partial charge is 0.211 e. The summed E-state index contributed by atoms with van der Waals surface area (Å²) in [5, 5.41) is 8.60. The van der Waals surface area contributed by atoms with Crippen molar-refractivity contribution >= 4 is 0 Å². The summed E-state index contributed by atoms with van der Waals surface area (Å²) >= 11 is 0. The van der Waals surface area contributed by atoms with Crippen LogP contribution in [-0.2, 0) is 4.74 Å². The summed E-state index contributed by atoms with van der Waals surface area (Å²) in [6.07, 6.45) is 6.03. The number of hydrogen-bond acceptors (Lipinski definition) is 3. The van der Waals surface area contributed by atoms with E-state index < -0.39 is 6.41 Å². The van der Waals surface area contributed by atoms with Crippen molar-refractivity contribution < 1.29 is 11.3 Å². The lowest BCUT2D eigenvalue weighted by molar-refractivity contribution is -0.0847. The SMILES string of the molecule is C=C/C(=C\C=C/C)COC(N)O.[HH]. The van der Waals surface area contributed by atoms with Crippen LogP contribution in [0.2, 0.25) is 0 Å². The second-order valence-electron chi connectivity index (χ2n) is 2.17. The fraction of sp³-hybridized carbons (Fsp3) is 0.333. The number of ether oxygens (including phenoxy) is 1. The summed E-state index contributed by atoms with van der Waals surface area (Å²) in [6, 6.07) is 0. The third-order valence-corrected chi connectivity index (χ3v) is 1.19. The van der Waals surface area contributed by atoms with Crippen molar-refractivity contribution in [3.05, 3.63) is 36.5 Å². The molecule has 0 radical (unpaired) electrons. The minimum absolute atomic E-state index is 0. The highest BCUT2D eigenvalue weighted by atomic mass is 16.6. The van der Waals surface area contributed by atoms with Gasteiger partial charge in [-0.2, -0.15) is 0 Å². The summed E-state index contributed by atoms with van der Waals surface area (Å²) in [5.41, 5.74) is 5.85.